The van der Waals surface area contributed by atoms with Crippen molar-refractivity contribution >= 4 is 22.9 Å². The van der Waals surface area contributed by atoms with Crippen LogP contribution in [0.1, 0.15) is 66.0 Å². The molecule has 1 saturated heterocycles. The molecule has 1 saturated carbocycles. The molecule has 6 rings (SSSR count). The fraction of sp³-hybridized carbons (Fsp3) is 0.484. The van der Waals surface area contributed by atoms with E-state index >= 15 is 4.39 Å². The molecule has 4 aromatic rings. The zero-order valence-corrected chi connectivity index (χ0v) is 24.7. The summed E-state index contributed by atoms with van der Waals surface area (Å²) in [6.45, 7) is 9.45. The third kappa shape index (κ3) is 5.56. The van der Waals surface area contributed by atoms with Crippen LogP contribution in [0.4, 0.5) is 10.3 Å². The Morgan fingerprint density at radius 1 is 1.17 bits per heavy atom. The molecule has 1 aliphatic heterocycles. The molecule has 0 bridgehead atoms. The van der Waals surface area contributed by atoms with Gasteiger partial charge in [0.2, 0.25) is 5.95 Å². The van der Waals surface area contributed by atoms with Crippen LogP contribution in [0.25, 0.3) is 22.3 Å². The second kappa shape index (κ2) is 11.2. The molecule has 0 spiro atoms. The normalized spacial score (nSPS) is 21.6. The van der Waals surface area contributed by atoms with Gasteiger partial charge in [-0.25, -0.2) is 14.4 Å². The number of aromatic nitrogens is 5. The summed E-state index contributed by atoms with van der Waals surface area (Å²) in [6, 6.07) is 7.73. The van der Waals surface area contributed by atoms with Crippen molar-refractivity contribution in [3.05, 3.63) is 58.8 Å². The first-order valence-corrected chi connectivity index (χ1v) is 14.6. The number of aliphatic hydroxyl groups is 1. The molecular weight excluding hydrogens is 537 g/mol. The number of imidazole rings is 1. The number of fused-ring (bicyclic) bond motifs is 1. The standard InChI is InChI=1S/C31H38FN7O3/c1-19-15-23(27(32)28(34-19)24-17-33-37(4)20(24)2)29(40)36-30-35-25-16-21(18-38-11-13-42-14-12-38)5-6-26(25)39(30)22-7-9-31(3,41)10-8-22/h5-6,15-17,22,41H,7-14,18H2,1-4H3,(H,35,36,40). The van der Waals surface area contributed by atoms with Crippen LogP contribution in [0, 0.1) is 19.7 Å². The van der Waals surface area contributed by atoms with E-state index in [1.54, 1.807) is 24.9 Å². The van der Waals surface area contributed by atoms with Gasteiger partial charge in [0.05, 0.1) is 41.6 Å². The van der Waals surface area contributed by atoms with Gasteiger partial charge < -0.3 is 14.4 Å². The van der Waals surface area contributed by atoms with Crippen molar-refractivity contribution in [1.29, 1.82) is 0 Å². The number of carbonyl (C=O) groups excluding carboxylic acids is 1. The maximum Gasteiger partial charge on any atom is 0.261 e. The lowest BCUT2D eigenvalue weighted by Crippen LogP contribution is -2.35. The molecule has 2 N–H and O–H groups in total. The predicted octanol–water partition coefficient (Wildman–Crippen LogP) is 4.54. The first-order valence-electron chi connectivity index (χ1n) is 14.6. The number of rotatable bonds is 6. The van der Waals surface area contributed by atoms with Crippen LogP contribution >= 0.6 is 0 Å². The second-order valence-electron chi connectivity index (χ2n) is 11.9. The fourth-order valence-electron chi connectivity index (χ4n) is 6.10. The van der Waals surface area contributed by atoms with Crippen LogP contribution in [0.2, 0.25) is 0 Å². The van der Waals surface area contributed by atoms with Crippen molar-refractivity contribution in [1.82, 2.24) is 29.2 Å². The van der Waals surface area contributed by atoms with Gasteiger partial charge in [0.15, 0.2) is 5.82 Å². The molecule has 0 unspecified atom stereocenters. The molecule has 4 heterocycles. The van der Waals surface area contributed by atoms with E-state index in [9.17, 15) is 9.90 Å². The highest BCUT2D eigenvalue weighted by atomic mass is 19.1. The number of hydrogen-bond acceptors (Lipinski definition) is 7. The molecule has 1 aromatic carbocycles. The van der Waals surface area contributed by atoms with Crippen molar-refractivity contribution in [2.45, 2.75) is 64.6 Å². The Labute approximate surface area is 244 Å². The summed E-state index contributed by atoms with van der Waals surface area (Å²) in [7, 11) is 1.78. The number of anilines is 1. The van der Waals surface area contributed by atoms with Crippen LogP contribution in [-0.2, 0) is 18.3 Å². The molecular formula is C31H38FN7O3. The Balaban J connectivity index is 1.36. The van der Waals surface area contributed by atoms with Crippen molar-refractivity contribution < 1.29 is 19.0 Å². The third-order valence-corrected chi connectivity index (χ3v) is 8.71. The third-order valence-electron chi connectivity index (χ3n) is 8.71. The predicted molar refractivity (Wildman–Crippen MR) is 158 cm³/mol. The van der Waals surface area contributed by atoms with E-state index in [0.717, 1.165) is 68.0 Å². The number of nitrogens with zero attached hydrogens (tertiary/aromatic N) is 6. The van der Waals surface area contributed by atoms with Gasteiger partial charge in [0.1, 0.15) is 5.69 Å². The Bertz CT molecular complexity index is 1630. The minimum absolute atomic E-state index is 0.0354. The summed E-state index contributed by atoms with van der Waals surface area (Å²) in [4.78, 5) is 25.3. The van der Waals surface area contributed by atoms with Crippen molar-refractivity contribution in [3.8, 4) is 11.3 Å². The summed E-state index contributed by atoms with van der Waals surface area (Å²) < 4.78 is 25.1. The van der Waals surface area contributed by atoms with Crippen LogP contribution in [0.15, 0.2) is 30.5 Å². The fourth-order valence-corrected chi connectivity index (χ4v) is 6.10. The van der Waals surface area contributed by atoms with Gasteiger partial charge >= 0.3 is 0 Å². The average Bonchev–Trinajstić information content (AvgIpc) is 3.48. The molecule has 0 radical (unpaired) electrons. The number of hydrogen-bond donors (Lipinski definition) is 2. The van der Waals surface area contributed by atoms with Crippen molar-refractivity contribution in [2.24, 2.45) is 7.05 Å². The largest absolute Gasteiger partial charge is 0.390 e. The molecule has 1 amide bonds. The number of benzene rings is 1. The quantitative estimate of drug-likeness (QED) is 0.347. The van der Waals surface area contributed by atoms with Crippen LogP contribution in [-0.4, -0.2) is 72.1 Å². The van der Waals surface area contributed by atoms with Gasteiger partial charge in [-0.15, -0.1) is 0 Å². The second-order valence-corrected chi connectivity index (χ2v) is 11.9. The number of amides is 1. The summed E-state index contributed by atoms with van der Waals surface area (Å²) >= 11 is 0. The molecule has 2 aliphatic rings. The monoisotopic (exact) mass is 575 g/mol. The van der Waals surface area contributed by atoms with E-state index in [2.05, 4.69) is 43.1 Å². The highest BCUT2D eigenvalue weighted by molar-refractivity contribution is 6.05. The maximum atomic E-state index is 15.9. The van der Waals surface area contributed by atoms with E-state index in [0.29, 0.717) is 30.0 Å². The SMILES string of the molecule is Cc1cc(C(=O)Nc2nc3cc(CN4CCOCC4)ccc3n2C2CCC(C)(O)CC2)c(F)c(-c2cnn(C)c2C)n1. The smallest absolute Gasteiger partial charge is 0.261 e. The topological polar surface area (TPSA) is 110 Å². The molecule has 3 aromatic heterocycles. The van der Waals surface area contributed by atoms with Crippen molar-refractivity contribution in [2.75, 3.05) is 31.6 Å². The Morgan fingerprint density at radius 3 is 2.60 bits per heavy atom. The van der Waals surface area contributed by atoms with Gasteiger partial charge in [-0.05, 0) is 70.2 Å². The number of pyridine rings is 1. The number of ether oxygens (including phenoxy) is 1. The lowest BCUT2D eigenvalue weighted by atomic mass is 9.83. The molecule has 222 valence electrons. The van der Waals surface area contributed by atoms with Gasteiger partial charge in [-0.1, -0.05) is 6.07 Å². The van der Waals surface area contributed by atoms with Gasteiger partial charge in [-0.2, -0.15) is 5.10 Å². The summed E-state index contributed by atoms with van der Waals surface area (Å²) in [5.41, 5.74) is 3.91. The molecule has 1 aliphatic carbocycles. The first kappa shape index (κ1) is 28.4. The van der Waals surface area contributed by atoms with Crippen LogP contribution in [0.3, 0.4) is 0 Å². The van der Waals surface area contributed by atoms with E-state index in [1.165, 1.54) is 6.07 Å². The van der Waals surface area contributed by atoms with E-state index in [1.807, 2.05) is 13.8 Å². The minimum Gasteiger partial charge on any atom is -0.390 e. The minimum atomic E-state index is -0.708. The molecule has 10 nitrogen and oxygen atoms in total. The zero-order valence-electron chi connectivity index (χ0n) is 24.7. The van der Waals surface area contributed by atoms with Crippen LogP contribution < -0.4 is 5.32 Å². The number of nitrogens with one attached hydrogen (secondary N) is 1. The van der Waals surface area contributed by atoms with Gasteiger partial charge in [-0.3, -0.25) is 19.7 Å². The number of halogens is 1. The Hall–Kier alpha value is -3.67. The van der Waals surface area contributed by atoms with Gasteiger partial charge in [0.25, 0.3) is 5.91 Å². The highest BCUT2D eigenvalue weighted by Crippen LogP contribution is 2.39. The van der Waals surface area contributed by atoms with E-state index in [-0.39, 0.29) is 17.3 Å². The molecule has 2 fully saturated rings. The summed E-state index contributed by atoms with van der Waals surface area (Å²) in [6.07, 6.45) is 4.33. The first-order chi connectivity index (χ1) is 20.1. The zero-order chi connectivity index (χ0) is 29.6. The molecule has 0 atom stereocenters. The lowest BCUT2D eigenvalue weighted by Gasteiger charge is -2.34. The number of morpholine rings is 1. The maximum absolute atomic E-state index is 15.9. The van der Waals surface area contributed by atoms with E-state index < -0.39 is 17.3 Å². The van der Waals surface area contributed by atoms with Crippen molar-refractivity contribution in [3.63, 3.8) is 0 Å². The van der Waals surface area contributed by atoms with Gasteiger partial charge in [0, 0.05) is 49.7 Å². The van der Waals surface area contributed by atoms with Crippen LogP contribution in [0.5, 0.6) is 0 Å². The molecule has 11 heteroatoms. The average molecular weight is 576 g/mol. The number of carbonyl (C=O) groups is 1. The Morgan fingerprint density at radius 2 is 1.90 bits per heavy atom. The lowest BCUT2D eigenvalue weighted by molar-refractivity contribution is 0.0106. The molecule has 42 heavy (non-hydrogen) atoms. The number of aryl methyl sites for hydroxylation is 2. The summed E-state index contributed by atoms with van der Waals surface area (Å²) in [5.74, 6) is -0.912. The summed E-state index contributed by atoms with van der Waals surface area (Å²) in [5, 5.41) is 17.7. The van der Waals surface area contributed by atoms with E-state index in [4.69, 9.17) is 9.72 Å². The Kier molecular flexibility index (Phi) is 7.59. The highest BCUT2D eigenvalue weighted by Gasteiger charge is 2.32.